The van der Waals surface area contributed by atoms with Crippen LogP contribution in [-0.2, 0) is 4.79 Å². The Labute approximate surface area is 190 Å². The monoisotopic (exact) mass is 439 g/mol. The second kappa shape index (κ2) is 11.5. The number of rotatable bonds is 9. The summed E-state index contributed by atoms with van der Waals surface area (Å²) < 4.78 is 11.6. The minimum absolute atomic E-state index is 0.0406. The number of anilines is 1. The van der Waals surface area contributed by atoms with Crippen LogP contribution < -0.4 is 14.8 Å². The standard InChI is InChI=1S/C25H33N3O4/c1-4-14-31-21-8-7-20(16-22(21)32-15-5-2)25(30)28-12-10-19(11-13-28)24(29)27-23-9-6-18(3)17-26-23/h6-9,16-17,19H,4-5,10-15H2,1-3H3,(H,26,27,29). The van der Waals surface area contributed by atoms with Crippen LogP contribution in [0.2, 0.25) is 0 Å². The van der Waals surface area contributed by atoms with Crippen molar-refractivity contribution < 1.29 is 19.1 Å². The Kier molecular flexibility index (Phi) is 8.48. The third-order valence-corrected chi connectivity index (χ3v) is 5.43. The van der Waals surface area contributed by atoms with Crippen molar-refractivity contribution >= 4 is 17.6 Å². The number of benzene rings is 1. The van der Waals surface area contributed by atoms with Gasteiger partial charge in [-0.3, -0.25) is 9.59 Å². The van der Waals surface area contributed by atoms with E-state index in [9.17, 15) is 9.59 Å². The predicted molar refractivity (Wildman–Crippen MR) is 124 cm³/mol. The Balaban J connectivity index is 1.59. The molecule has 3 rings (SSSR count). The van der Waals surface area contributed by atoms with Crippen LogP contribution in [-0.4, -0.2) is 48.0 Å². The van der Waals surface area contributed by atoms with Gasteiger partial charge in [-0.05, 0) is 62.4 Å². The highest BCUT2D eigenvalue weighted by atomic mass is 16.5. The lowest BCUT2D eigenvalue weighted by Gasteiger charge is -2.31. The van der Waals surface area contributed by atoms with Gasteiger partial charge in [0, 0.05) is 30.8 Å². The summed E-state index contributed by atoms with van der Waals surface area (Å²) in [5, 5.41) is 2.88. The molecule has 1 aromatic heterocycles. The van der Waals surface area contributed by atoms with E-state index in [1.54, 1.807) is 29.3 Å². The van der Waals surface area contributed by atoms with Crippen molar-refractivity contribution in [3.63, 3.8) is 0 Å². The summed E-state index contributed by atoms with van der Waals surface area (Å²) in [6.45, 7) is 8.29. The topological polar surface area (TPSA) is 80.8 Å². The molecular weight excluding hydrogens is 406 g/mol. The first-order valence-electron chi connectivity index (χ1n) is 11.4. The second-order valence-corrected chi connectivity index (χ2v) is 8.13. The van der Waals surface area contributed by atoms with E-state index in [-0.39, 0.29) is 17.7 Å². The van der Waals surface area contributed by atoms with Gasteiger partial charge in [-0.25, -0.2) is 4.98 Å². The van der Waals surface area contributed by atoms with E-state index in [1.807, 2.05) is 32.9 Å². The Morgan fingerprint density at radius 1 is 1.03 bits per heavy atom. The number of piperidine rings is 1. The summed E-state index contributed by atoms with van der Waals surface area (Å²) in [5.74, 6) is 1.61. The fraction of sp³-hybridized carbons (Fsp3) is 0.480. The number of nitrogens with one attached hydrogen (secondary N) is 1. The minimum atomic E-state index is -0.129. The number of aryl methyl sites for hydroxylation is 1. The summed E-state index contributed by atoms with van der Waals surface area (Å²) in [6.07, 6.45) is 4.75. The van der Waals surface area contributed by atoms with Crippen LogP contribution in [0, 0.1) is 12.8 Å². The summed E-state index contributed by atoms with van der Waals surface area (Å²) in [4.78, 5) is 31.7. The smallest absolute Gasteiger partial charge is 0.253 e. The van der Waals surface area contributed by atoms with Crippen LogP contribution in [0.4, 0.5) is 5.82 Å². The number of hydrogen-bond donors (Lipinski definition) is 1. The van der Waals surface area contributed by atoms with Crippen molar-refractivity contribution in [2.75, 3.05) is 31.6 Å². The van der Waals surface area contributed by atoms with Crippen LogP contribution in [0.1, 0.15) is 55.5 Å². The number of likely N-dealkylation sites (tertiary alicyclic amines) is 1. The maximum atomic E-state index is 13.1. The van der Waals surface area contributed by atoms with E-state index in [0.717, 1.165) is 18.4 Å². The summed E-state index contributed by atoms with van der Waals surface area (Å²) in [6, 6.07) is 9.08. The van der Waals surface area contributed by atoms with E-state index < -0.39 is 0 Å². The number of ether oxygens (including phenoxy) is 2. The van der Waals surface area contributed by atoms with E-state index in [0.29, 0.717) is 62.0 Å². The lowest BCUT2D eigenvalue weighted by molar-refractivity contribution is -0.121. The number of aromatic nitrogens is 1. The van der Waals surface area contributed by atoms with Crippen molar-refractivity contribution in [2.24, 2.45) is 5.92 Å². The van der Waals surface area contributed by atoms with E-state index >= 15 is 0 Å². The molecule has 1 aliphatic heterocycles. The van der Waals surface area contributed by atoms with Gasteiger partial charge in [0.15, 0.2) is 11.5 Å². The van der Waals surface area contributed by atoms with Gasteiger partial charge in [0.05, 0.1) is 13.2 Å². The van der Waals surface area contributed by atoms with Crippen molar-refractivity contribution in [1.82, 2.24) is 9.88 Å². The third kappa shape index (κ3) is 6.22. The molecule has 32 heavy (non-hydrogen) atoms. The van der Waals surface area contributed by atoms with Gasteiger partial charge in [-0.2, -0.15) is 0 Å². The lowest BCUT2D eigenvalue weighted by Crippen LogP contribution is -2.41. The molecule has 1 fully saturated rings. The lowest BCUT2D eigenvalue weighted by atomic mass is 9.95. The van der Waals surface area contributed by atoms with E-state index in [4.69, 9.17) is 9.47 Å². The van der Waals surface area contributed by atoms with Gasteiger partial charge >= 0.3 is 0 Å². The molecule has 0 spiro atoms. The number of amides is 2. The zero-order chi connectivity index (χ0) is 22.9. The zero-order valence-corrected chi connectivity index (χ0v) is 19.2. The van der Waals surface area contributed by atoms with Gasteiger partial charge in [0.1, 0.15) is 5.82 Å². The molecule has 172 valence electrons. The quantitative estimate of drug-likeness (QED) is 0.624. The minimum Gasteiger partial charge on any atom is -0.490 e. The van der Waals surface area contributed by atoms with Crippen molar-refractivity contribution in [1.29, 1.82) is 0 Å². The normalized spacial score (nSPS) is 14.2. The first kappa shape index (κ1) is 23.6. The highest BCUT2D eigenvalue weighted by Gasteiger charge is 2.28. The molecule has 0 saturated carbocycles. The zero-order valence-electron chi connectivity index (χ0n) is 19.2. The molecule has 1 N–H and O–H groups in total. The average Bonchev–Trinajstić information content (AvgIpc) is 2.82. The maximum Gasteiger partial charge on any atom is 0.253 e. The molecule has 2 amide bonds. The Hall–Kier alpha value is -3.09. The van der Waals surface area contributed by atoms with Crippen LogP contribution in [0.3, 0.4) is 0 Å². The van der Waals surface area contributed by atoms with Crippen LogP contribution in [0.5, 0.6) is 11.5 Å². The van der Waals surface area contributed by atoms with Crippen LogP contribution in [0.25, 0.3) is 0 Å². The van der Waals surface area contributed by atoms with Gasteiger partial charge in [-0.1, -0.05) is 19.9 Å². The number of carbonyl (C=O) groups is 2. The molecule has 0 bridgehead atoms. The summed E-state index contributed by atoms with van der Waals surface area (Å²) in [7, 11) is 0. The van der Waals surface area contributed by atoms with Gasteiger partial charge in [0.25, 0.3) is 5.91 Å². The van der Waals surface area contributed by atoms with Crippen LogP contribution in [0.15, 0.2) is 36.5 Å². The molecule has 1 aliphatic rings. The fourth-order valence-corrected chi connectivity index (χ4v) is 3.59. The molecule has 1 saturated heterocycles. The molecule has 0 radical (unpaired) electrons. The van der Waals surface area contributed by atoms with Crippen molar-refractivity contribution in [3.8, 4) is 11.5 Å². The molecule has 2 heterocycles. The number of hydrogen-bond acceptors (Lipinski definition) is 5. The molecule has 0 atom stereocenters. The number of nitrogens with zero attached hydrogens (tertiary/aromatic N) is 2. The first-order chi connectivity index (χ1) is 15.5. The van der Waals surface area contributed by atoms with Crippen molar-refractivity contribution in [3.05, 3.63) is 47.7 Å². The number of pyridine rings is 1. The first-order valence-corrected chi connectivity index (χ1v) is 11.4. The highest BCUT2D eigenvalue weighted by Crippen LogP contribution is 2.30. The summed E-state index contributed by atoms with van der Waals surface area (Å²) in [5.41, 5.74) is 1.62. The largest absolute Gasteiger partial charge is 0.490 e. The Morgan fingerprint density at radius 2 is 1.72 bits per heavy atom. The maximum absolute atomic E-state index is 13.1. The fourth-order valence-electron chi connectivity index (χ4n) is 3.59. The van der Waals surface area contributed by atoms with E-state index in [2.05, 4.69) is 10.3 Å². The molecule has 0 unspecified atom stereocenters. The highest BCUT2D eigenvalue weighted by molar-refractivity contribution is 5.95. The molecule has 7 heteroatoms. The number of carbonyl (C=O) groups excluding carboxylic acids is 2. The molecule has 0 aliphatic carbocycles. The van der Waals surface area contributed by atoms with Crippen LogP contribution >= 0.6 is 0 Å². The predicted octanol–water partition coefficient (Wildman–Crippen LogP) is 4.46. The molecular formula is C25H33N3O4. The third-order valence-electron chi connectivity index (χ3n) is 5.43. The van der Waals surface area contributed by atoms with Gasteiger partial charge in [-0.15, -0.1) is 0 Å². The van der Waals surface area contributed by atoms with Gasteiger partial charge < -0.3 is 19.7 Å². The van der Waals surface area contributed by atoms with E-state index in [1.165, 1.54) is 0 Å². The second-order valence-electron chi connectivity index (χ2n) is 8.13. The molecule has 7 nitrogen and oxygen atoms in total. The van der Waals surface area contributed by atoms with Gasteiger partial charge in [0.2, 0.25) is 5.91 Å². The molecule has 2 aromatic rings. The SMILES string of the molecule is CCCOc1ccc(C(=O)N2CCC(C(=O)Nc3ccc(C)cn3)CC2)cc1OCCC. The average molecular weight is 440 g/mol. The van der Waals surface area contributed by atoms with Crippen molar-refractivity contribution in [2.45, 2.75) is 46.5 Å². The Morgan fingerprint density at radius 3 is 2.34 bits per heavy atom. The molecule has 1 aromatic carbocycles. The summed E-state index contributed by atoms with van der Waals surface area (Å²) >= 11 is 0. The Bertz CT molecular complexity index is 906.